The van der Waals surface area contributed by atoms with Crippen molar-refractivity contribution in [2.75, 3.05) is 0 Å². The third-order valence-corrected chi connectivity index (χ3v) is 4.90. The summed E-state index contributed by atoms with van der Waals surface area (Å²) in [5.74, 6) is -0.595. The molecular weight excluding hydrogens is 286 g/mol. The van der Waals surface area contributed by atoms with Crippen LogP contribution < -0.4 is 4.72 Å². The molecule has 1 aliphatic carbocycles. The highest BCUT2D eigenvalue weighted by molar-refractivity contribution is 7.90. The van der Waals surface area contributed by atoms with E-state index < -0.39 is 15.9 Å². The van der Waals surface area contributed by atoms with E-state index in [2.05, 4.69) is 4.72 Å². The highest BCUT2D eigenvalue weighted by atomic mass is 35.5. The van der Waals surface area contributed by atoms with Gasteiger partial charge < -0.3 is 0 Å². The maximum Gasteiger partial charge on any atom is 0.264 e. The molecule has 0 radical (unpaired) electrons. The maximum absolute atomic E-state index is 12.0. The van der Waals surface area contributed by atoms with Crippen LogP contribution in [0.25, 0.3) is 0 Å². The minimum absolute atomic E-state index is 0.0177. The Morgan fingerprint density at radius 1 is 1.21 bits per heavy atom. The fourth-order valence-corrected chi connectivity index (χ4v) is 3.62. The first kappa shape index (κ1) is 14.3. The van der Waals surface area contributed by atoms with Gasteiger partial charge in [-0.15, -0.1) is 0 Å². The number of hydrogen-bond acceptors (Lipinski definition) is 3. The Balaban J connectivity index is 2.10. The van der Waals surface area contributed by atoms with Crippen molar-refractivity contribution in [3.8, 4) is 0 Å². The Bertz CT molecular complexity index is 565. The summed E-state index contributed by atoms with van der Waals surface area (Å²) in [6.07, 6.45) is 4.60. The van der Waals surface area contributed by atoms with Crippen molar-refractivity contribution < 1.29 is 13.2 Å². The molecule has 0 bridgehead atoms. The predicted octanol–water partition coefficient (Wildman–Crippen LogP) is 2.73. The van der Waals surface area contributed by atoms with Crippen LogP contribution in [0.3, 0.4) is 0 Å². The molecule has 0 aliphatic heterocycles. The SMILES string of the molecule is O=C(NS(=O)(=O)c1cccc(Cl)c1)C1CCCCC1. The molecule has 4 nitrogen and oxygen atoms in total. The van der Waals surface area contributed by atoms with E-state index in [0.717, 1.165) is 32.1 Å². The Labute approximate surface area is 118 Å². The summed E-state index contributed by atoms with van der Waals surface area (Å²) < 4.78 is 26.2. The van der Waals surface area contributed by atoms with Gasteiger partial charge in [0.25, 0.3) is 10.0 Å². The molecule has 1 amide bonds. The van der Waals surface area contributed by atoms with Crippen LogP contribution in [0.4, 0.5) is 0 Å². The van der Waals surface area contributed by atoms with Gasteiger partial charge >= 0.3 is 0 Å². The van der Waals surface area contributed by atoms with Crippen molar-refractivity contribution >= 4 is 27.5 Å². The van der Waals surface area contributed by atoms with Crippen molar-refractivity contribution in [2.24, 2.45) is 5.92 Å². The van der Waals surface area contributed by atoms with E-state index in [9.17, 15) is 13.2 Å². The quantitative estimate of drug-likeness (QED) is 0.933. The van der Waals surface area contributed by atoms with Crippen molar-refractivity contribution in [3.63, 3.8) is 0 Å². The molecule has 1 fully saturated rings. The van der Waals surface area contributed by atoms with Gasteiger partial charge in [-0.2, -0.15) is 0 Å². The van der Waals surface area contributed by atoms with Gasteiger partial charge in [0.1, 0.15) is 0 Å². The summed E-state index contributed by atoms with van der Waals surface area (Å²) in [5, 5.41) is 0.327. The van der Waals surface area contributed by atoms with Crippen LogP contribution in [0, 0.1) is 5.92 Å². The number of carbonyl (C=O) groups excluding carboxylic acids is 1. The minimum Gasteiger partial charge on any atom is -0.274 e. The number of amides is 1. The van der Waals surface area contributed by atoms with Gasteiger partial charge in [-0.1, -0.05) is 36.9 Å². The molecule has 0 heterocycles. The smallest absolute Gasteiger partial charge is 0.264 e. The van der Waals surface area contributed by atoms with Gasteiger partial charge in [0.2, 0.25) is 5.91 Å². The van der Waals surface area contributed by atoms with Gasteiger partial charge in [0.05, 0.1) is 4.90 Å². The molecule has 1 N–H and O–H groups in total. The number of sulfonamides is 1. The lowest BCUT2D eigenvalue weighted by atomic mass is 9.89. The number of halogens is 1. The molecule has 104 valence electrons. The van der Waals surface area contributed by atoms with Crippen LogP contribution in [0.15, 0.2) is 29.2 Å². The highest BCUT2D eigenvalue weighted by Gasteiger charge is 2.25. The predicted molar refractivity (Wildman–Crippen MR) is 73.4 cm³/mol. The number of benzene rings is 1. The first-order valence-electron chi connectivity index (χ1n) is 6.31. The van der Waals surface area contributed by atoms with Crippen LogP contribution in [0.5, 0.6) is 0 Å². The summed E-state index contributed by atoms with van der Waals surface area (Å²) >= 11 is 5.76. The Morgan fingerprint density at radius 3 is 2.53 bits per heavy atom. The number of hydrogen-bond donors (Lipinski definition) is 1. The molecule has 0 spiro atoms. The van der Waals surface area contributed by atoms with E-state index in [4.69, 9.17) is 11.6 Å². The van der Waals surface area contributed by atoms with Gasteiger partial charge in [-0.05, 0) is 31.0 Å². The zero-order chi connectivity index (χ0) is 13.9. The molecular formula is C13H16ClNO3S. The molecule has 1 saturated carbocycles. The van der Waals surface area contributed by atoms with Crippen LogP contribution >= 0.6 is 11.6 Å². The van der Waals surface area contributed by atoms with Gasteiger partial charge in [0.15, 0.2) is 0 Å². The first-order chi connectivity index (χ1) is 8.99. The van der Waals surface area contributed by atoms with Crippen molar-refractivity contribution in [1.29, 1.82) is 0 Å². The molecule has 0 aromatic heterocycles. The van der Waals surface area contributed by atoms with Crippen LogP contribution in [0.2, 0.25) is 5.02 Å². The molecule has 0 unspecified atom stereocenters. The van der Waals surface area contributed by atoms with E-state index in [1.807, 2.05) is 0 Å². The summed E-state index contributed by atoms with van der Waals surface area (Å²) in [4.78, 5) is 12.0. The standard InChI is InChI=1S/C13H16ClNO3S/c14-11-7-4-8-12(9-11)19(17,18)15-13(16)10-5-2-1-3-6-10/h4,7-10H,1-3,5-6H2,(H,15,16). The van der Waals surface area contributed by atoms with Crippen LogP contribution in [-0.2, 0) is 14.8 Å². The second-order valence-corrected chi connectivity index (χ2v) is 6.88. The second kappa shape index (κ2) is 5.92. The van der Waals surface area contributed by atoms with Crippen LogP contribution in [-0.4, -0.2) is 14.3 Å². The highest BCUT2D eigenvalue weighted by Crippen LogP contribution is 2.24. The van der Waals surface area contributed by atoms with Gasteiger partial charge in [0, 0.05) is 10.9 Å². The number of rotatable bonds is 3. The molecule has 1 aliphatic rings. The average Bonchev–Trinajstić information content (AvgIpc) is 2.39. The monoisotopic (exact) mass is 301 g/mol. The van der Waals surface area contributed by atoms with E-state index >= 15 is 0 Å². The molecule has 6 heteroatoms. The molecule has 2 rings (SSSR count). The lowest BCUT2D eigenvalue weighted by Crippen LogP contribution is -2.36. The normalized spacial score (nSPS) is 17.1. The summed E-state index contributed by atoms with van der Waals surface area (Å²) in [7, 11) is -3.82. The number of carbonyl (C=O) groups is 1. The largest absolute Gasteiger partial charge is 0.274 e. The average molecular weight is 302 g/mol. The maximum atomic E-state index is 12.0. The van der Waals surface area contributed by atoms with E-state index in [0.29, 0.717) is 5.02 Å². The lowest BCUT2D eigenvalue weighted by molar-refractivity contribution is -0.124. The van der Waals surface area contributed by atoms with Gasteiger partial charge in [-0.3, -0.25) is 4.79 Å². The zero-order valence-corrected chi connectivity index (χ0v) is 12.0. The Morgan fingerprint density at radius 2 is 1.89 bits per heavy atom. The summed E-state index contributed by atoms with van der Waals surface area (Å²) in [5.41, 5.74) is 0. The third-order valence-electron chi connectivity index (χ3n) is 3.32. The van der Waals surface area contributed by atoms with Crippen molar-refractivity contribution in [1.82, 2.24) is 4.72 Å². The molecule has 1 aromatic rings. The molecule has 19 heavy (non-hydrogen) atoms. The van der Waals surface area contributed by atoms with Crippen molar-refractivity contribution in [2.45, 2.75) is 37.0 Å². The minimum atomic E-state index is -3.82. The van der Waals surface area contributed by atoms with E-state index in [1.54, 1.807) is 12.1 Å². The van der Waals surface area contributed by atoms with E-state index in [1.165, 1.54) is 12.1 Å². The molecule has 1 aromatic carbocycles. The summed E-state index contributed by atoms with van der Waals surface area (Å²) in [6.45, 7) is 0. The topological polar surface area (TPSA) is 63.2 Å². The van der Waals surface area contributed by atoms with Crippen LogP contribution in [0.1, 0.15) is 32.1 Å². The third kappa shape index (κ3) is 3.70. The fourth-order valence-electron chi connectivity index (χ4n) is 2.27. The zero-order valence-electron chi connectivity index (χ0n) is 10.4. The van der Waals surface area contributed by atoms with E-state index in [-0.39, 0.29) is 10.8 Å². The Hall–Kier alpha value is -1.07. The second-order valence-electron chi connectivity index (χ2n) is 4.76. The van der Waals surface area contributed by atoms with Gasteiger partial charge in [-0.25, -0.2) is 13.1 Å². The Kier molecular flexibility index (Phi) is 4.47. The first-order valence-corrected chi connectivity index (χ1v) is 8.17. The molecule has 0 saturated heterocycles. The summed E-state index contributed by atoms with van der Waals surface area (Å²) in [6, 6.07) is 5.88. The fraction of sp³-hybridized carbons (Fsp3) is 0.462. The molecule has 0 atom stereocenters. The van der Waals surface area contributed by atoms with Crippen molar-refractivity contribution in [3.05, 3.63) is 29.3 Å². The number of nitrogens with one attached hydrogen (secondary N) is 1. The lowest BCUT2D eigenvalue weighted by Gasteiger charge is -2.20.